The van der Waals surface area contributed by atoms with Crippen LogP contribution in [0.25, 0.3) is 22.2 Å². The van der Waals surface area contributed by atoms with E-state index in [0.29, 0.717) is 11.4 Å². The molecule has 0 bridgehead atoms. The van der Waals surface area contributed by atoms with E-state index in [-0.39, 0.29) is 6.42 Å². The second-order valence-corrected chi connectivity index (χ2v) is 3.91. The van der Waals surface area contributed by atoms with Gasteiger partial charge in [0, 0.05) is 22.7 Å². The molecule has 6 nitrogen and oxygen atoms in total. The van der Waals surface area contributed by atoms with Gasteiger partial charge in [-0.1, -0.05) is 11.2 Å². The van der Waals surface area contributed by atoms with Crippen LogP contribution < -0.4 is 0 Å². The Balaban J connectivity index is 2.08. The number of hydrogen-bond acceptors (Lipinski definition) is 4. The van der Waals surface area contributed by atoms with Gasteiger partial charge in [0.2, 0.25) is 0 Å². The zero-order chi connectivity index (χ0) is 12.5. The Labute approximate surface area is 101 Å². The van der Waals surface area contributed by atoms with Crippen LogP contribution in [0.15, 0.2) is 35.1 Å². The quantitative estimate of drug-likeness (QED) is 0.732. The molecule has 0 saturated carbocycles. The van der Waals surface area contributed by atoms with E-state index >= 15 is 0 Å². The number of fused-ring (bicyclic) bond motifs is 1. The highest BCUT2D eigenvalue weighted by Crippen LogP contribution is 2.24. The number of nitrogens with zero attached hydrogens (tertiary/aromatic N) is 2. The molecule has 0 spiro atoms. The normalized spacial score (nSPS) is 10.9. The molecule has 0 aliphatic rings. The SMILES string of the molecule is O=C(O)Cc1nonc1-c1ccc2[nH]ccc2c1. The highest BCUT2D eigenvalue weighted by atomic mass is 16.6. The number of benzene rings is 1. The first-order valence-electron chi connectivity index (χ1n) is 5.35. The molecule has 0 atom stereocenters. The standard InChI is InChI=1S/C12H9N3O3/c16-11(17)6-10-12(15-18-14-10)8-1-2-9-7(5-8)3-4-13-9/h1-5,13H,6H2,(H,16,17). The Bertz CT molecular complexity index is 714. The number of aromatic amines is 1. The Morgan fingerprint density at radius 3 is 3.06 bits per heavy atom. The smallest absolute Gasteiger partial charge is 0.309 e. The number of hydrogen-bond donors (Lipinski definition) is 2. The molecule has 1 aromatic carbocycles. The van der Waals surface area contributed by atoms with Crippen LogP contribution in [0.1, 0.15) is 5.69 Å². The maximum atomic E-state index is 10.7. The van der Waals surface area contributed by atoms with Gasteiger partial charge in [-0.25, -0.2) is 4.63 Å². The number of carboxylic acids is 1. The molecular formula is C12H9N3O3. The molecule has 2 heterocycles. The summed E-state index contributed by atoms with van der Waals surface area (Å²) in [5, 5.41) is 17.2. The summed E-state index contributed by atoms with van der Waals surface area (Å²) in [7, 11) is 0. The van der Waals surface area contributed by atoms with Crippen LogP contribution >= 0.6 is 0 Å². The van der Waals surface area contributed by atoms with Crippen LogP contribution in [-0.4, -0.2) is 26.4 Å². The first-order chi connectivity index (χ1) is 8.74. The Morgan fingerprint density at radius 2 is 2.22 bits per heavy atom. The molecule has 0 radical (unpaired) electrons. The van der Waals surface area contributed by atoms with E-state index in [1.54, 1.807) is 0 Å². The van der Waals surface area contributed by atoms with E-state index in [1.807, 2.05) is 30.5 Å². The van der Waals surface area contributed by atoms with E-state index in [4.69, 9.17) is 5.11 Å². The predicted molar refractivity (Wildman–Crippen MR) is 62.9 cm³/mol. The van der Waals surface area contributed by atoms with E-state index < -0.39 is 5.97 Å². The van der Waals surface area contributed by atoms with Gasteiger partial charge in [-0.3, -0.25) is 4.79 Å². The van der Waals surface area contributed by atoms with Gasteiger partial charge >= 0.3 is 5.97 Å². The van der Waals surface area contributed by atoms with E-state index in [2.05, 4.69) is 19.9 Å². The average Bonchev–Trinajstić information content (AvgIpc) is 2.95. The lowest BCUT2D eigenvalue weighted by atomic mass is 10.1. The minimum absolute atomic E-state index is 0.204. The highest BCUT2D eigenvalue weighted by molar-refractivity contribution is 5.85. The van der Waals surface area contributed by atoms with Gasteiger partial charge in [0.15, 0.2) is 0 Å². The van der Waals surface area contributed by atoms with Gasteiger partial charge in [-0.2, -0.15) is 0 Å². The number of nitrogens with one attached hydrogen (secondary N) is 1. The fraction of sp³-hybridized carbons (Fsp3) is 0.0833. The lowest BCUT2D eigenvalue weighted by molar-refractivity contribution is -0.136. The lowest BCUT2D eigenvalue weighted by Crippen LogP contribution is -2.01. The van der Waals surface area contributed by atoms with Crippen LogP contribution in [0.4, 0.5) is 0 Å². The third kappa shape index (κ3) is 1.73. The van der Waals surface area contributed by atoms with Gasteiger partial charge in [0.05, 0.1) is 6.42 Å². The van der Waals surface area contributed by atoms with Gasteiger partial charge in [-0.05, 0) is 23.4 Å². The number of rotatable bonds is 3. The van der Waals surface area contributed by atoms with Gasteiger partial charge in [0.1, 0.15) is 11.4 Å². The molecule has 2 N–H and O–H groups in total. The van der Waals surface area contributed by atoms with Crippen molar-refractivity contribution in [3.63, 3.8) is 0 Å². The van der Waals surface area contributed by atoms with Crippen LogP contribution in [0.5, 0.6) is 0 Å². The van der Waals surface area contributed by atoms with Crippen molar-refractivity contribution in [2.45, 2.75) is 6.42 Å². The molecule has 90 valence electrons. The third-order valence-corrected chi connectivity index (χ3v) is 2.70. The predicted octanol–water partition coefficient (Wildman–Crippen LogP) is 1.84. The minimum atomic E-state index is -0.963. The number of carbonyl (C=O) groups is 1. The first kappa shape index (κ1) is 10.5. The topological polar surface area (TPSA) is 92.0 Å². The highest BCUT2D eigenvalue weighted by Gasteiger charge is 2.15. The monoisotopic (exact) mass is 243 g/mol. The van der Waals surface area contributed by atoms with Crippen molar-refractivity contribution in [1.29, 1.82) is 0 Å². The second-order valence-electron chi connectivity index (χ2n) is 3.91. The van der Waals surface area contributed by atoms with Crippen molar-refractivity contribution >= 4 is 16.9 Å². The lowest BCUT2D eigenvalue weighted by Gasteiger charge is -1.98. The molecule has 0 saturated heterocycles. The number of carboxylic acid groups (broad SMARTS) is 1. The molecular weight excluding hydrogens is 234 g/mol. The second kappa shape index (κ2) is 3.99. The van der Waals surface area contributed by atoms with Gasteiger partial charge in [0.25, 0.3) is 0 Å². The van der Waals surface area contributed by atoms with E-state index in [1.165, 1.54) is 0 Å². The Morgan fingerprint density at radius 1 is 1.33 bits per heavy atom. The zero-order valence-corrected chi connectivity index (χ0v) is 9.25. The molecule has 0 aliphatic carbocycles. The number of H-pyrrole nitrogens is 1. The summed E-state index contributed by atoms with van der Waals surface area (Å²) in [5.41, 5.74) is 2.60. The molecule has 2 aromatic heterocycles. The number of aromatic nitrogens is 3. The summed E-state index contributed by atoms with van der Waals surface area (Å²) in [6, 6.07) is 7.60. The summed E-state index contributed by atoms with van der Waals surface area (Å²) >= 11 is 0. The van der Waals surface area contributed by atoms with Crippen molar-refractivity contribution in [2.75, 3.05) is 0 Å². The molecule has 3 aromatic rings. The molecule has 0 fully saturated rings. The maximum absolute atomic E-state index is 10.7. The van der Waals surface area contributed by atoms with Crippen molar-refractivity contribution in [1.82, 2.24) is 15.3 Å². The van der Waals surface area contributed by atoms with Crippen LogP contribution in [0.2, 0.25) is 0 Å². The third-order valence-electron chi connectivity index (χ3n) is 2.70. The molecule has 0 amide bonds. The van der Waals surface area contributed by atoms with Crippen molar-refractivity contribution in [2.24, 2.45) is 0 Å². The molecule has 18 heavy (non-hydrogen) atoms. The van der Waals surface area contributed by atoms with Crippen molar-refractivity contribution in [3.05, 3.63) is 36.2 Å². The molecule has 0 unspecified atom stereocenters. The fourth-order valence-corrected chi connectivity index (χ4v) is 1.89. The Hall–Kier alpha value is -2.63. The minimum Gasteiger partial charge on any atom is -0.481 e. The summed E-state index contributed by atoms with van der Waals surface area (Å²) in [6.45, 7) is 0. The number of aliphatic carboxylic acids is 1. The first-order valence-corrected chi connectivity index (χ1v) is 5.35. The fourth-order valence-electron chi connectivity index (χ4n) is 1.89. The average molecular weight is 243 g/mol. The molecule has 3 rings (SSSR count). The molecule has 6 heteroatoms. The van der Waals surface area contributed by atoms with E-state index in [0.717, 1.165) is 16.5 Å². The Kier molecular flexibility index (Phi) is 2.33. The van der Waals surface area contributed by atoms with Crippen LogP contribution in [0.3, 0.4) is 0 Å². The summed E-state index contributed by atoms with van der Waals surface area (Å²) in [4.78, 5) is 13.8. The largest absolute Gasteiger partial charge is 0.481 e. The van der Waals surface area contributed by atoms with Crippen LogP contribution in [-0.2, 0) is 11.2 Å². The van der Waals surface area contributed by atoms with Gasteiger partial charge in [-0.15, -0.1) is 0 Å². The zero-order valence-electron chi connectivity index (χ0n) is 9.25. The van der Waals surface area contributed by atoms with Crippen molar-refractivity contribution in [3.8, 4) is 11.3 Å². The summed E-state index contributed by atoms with van der Waals surface area (Å²) in [6.07, 6.45) is 1.64. The summed E-state index contributed by atoms with van der Waals surface area (Å²) < 4.78 is 4.62. The molecule has 0 aliphatic heterocycles. The summed E-state index contributed by atoms with van der Waals surface area (Å²) in [5.74, 6) is -0.963. The van der Waals surface area contributed by atoms with Crippen molar-refractivity contribution < 1.29 is 14.5 Å². The van der Waals surface area contributed by atoms with Crippen LogP contribution in [0, 0.1) is 0 Å². The maximum Gasteiger partial charge on any atom is 0.309 e. The van der Waals surface area contributed by atoms with E-state index in [9.17, 15) is 4.79 Å². The van der Waals surface area contributed by atoms with Gasteiger partial charge < -0.3 is 10.1 Å².